The fourth-order valence-electron chi connectivity index (χ4n) is 1.76. The summed E-state index contributed by atoms with van der Waals surface area (Å²) in [5.41, 5.74) is 0. The maximum atomic E-state index is 11.2. The second-order valence-electron chi connectivity index (χ2n) is 3.37. The summed E-state index contributed by atoms with van der Waals surface area (Å²) in [7, 11) is -4.48. The van der Waals surface area contributed by atoms with E-state index in [-0.39, 0.29) is 18.6 Å². The molecule has 0 aromatic rings. The van der Waals surface area contributed by atoms with Gasteiger partial charge in [-0.1, -0.05) is 0 Å². The quantitative estimate of drug-likeness (QED) is 0.602. The topological polar surface area (TPSA) is 87.2 Å². The van der Waals surface area contributed by atoms with Gasteiger partial charge in [-0.3, -0.25) is 9.35 Å². The first-order chi connectivity index (χ1) is 6.46. The normalized spacial score (nSPS) is 28.5. The predicted molar refractivity (Wildman–Crippen MR) is 44.1 cm³/mol. The van der Waals surface area contributed by atoms with Crippen LogP contribution in [0.1, 0.15) is 12.8 Å². The third-order valence-electron chi connectivity index (χ3n) is 2.38. The van der Waals surface area contributed by atoms with Crippen LogP contribution in [0.25, 0.3) is 0 Å². The number of rotatable bonds is 2. The molecular formula is C6H10N2O5S. The molecule has 1 atom stereocenters. The fourth-order valence-corrected chi connectivity index (χ4v) is 2.17. The Morgan fingerprint density at radius 2 is 2.21 bits per heavy atom. The van der Waals surface area contributed by atoms with Crippen molar-refractivity contribution in [2.24, 2.45) is 0 Å². The van der Waals surface area contributed by atoms with E-state index in [1.165, 1.54) is 4.90 Å². The van der Waals surface area contributed by atoms with Gasteiger partial charge in [0.1, 0.15) is 0 Å². The lowest BCUT2D eigenvalue weighted by Gasteiger charge is -2.20. The highest BCUT2D eigenvalue weighted by Gasteiger charge is 2.40. The zero-order valence-corrected chi connectivity index (χ0v) is 8.11. The van der Waals surface area contributed by atoms with Crippen LogP contribution in [0, 0.1) is 0 Å². The average molecular weight is 222 g/mol. The molecule has 8 heteroatoms. The van der Waals surface area contributed by atoms with Crippen molar-refractivity contribution in [3.05, 3.63) is 0 Å². The van der Waals surface area contributed by atoms with E-state index >= 15 is 0 Å². The Hall–Kier alpha value is -0.700. The first-order valence-corrected chi connectivity index (χ1v) is 5.53. The molecule has 2 saturated heterocycles. The molecule has 0 aliphatic carbocycles. The van der Waals surface area contributed by atoms with E-state index in [2.05, 4.69) is 4.28 Å². The Morgan fingerprint density at radius 3 is 2.79 bits per heavy atom. The molecule has 14 heavy (non-hydrogen) atoms. The molecule has 7 nitrogen and oxygen atoms in total. The van der Waals surface area contributed by atoms with Crippen LogP contribution >= 0.6 is 0 Å². The van der Waals surface area contributed by atoms with Gasteiger partial charge < -0.3 is 4.90 Å². The molecule has 80 valence electrons. The van der Waals surface area contributed by atoms with Gasteiger partial charge in [0.25, 0.3) is 0 Å². The van der Waals surface area contributed by atoms with Crippen molar-refractivity contribution < 1.29 is 22.0 Å². The van der Waals surface area contributed by atoms with Crippen molar-refractivity contribution in [2.75, 3.05) is 13.2 Å². The molecule has 2 fully saturated rings. The summed E-state index contributed by atoms with van der Waals surface area (Å²) in [5, 5.41) is 1.13. The predicted octanol–water partition coefficient (Wildman–Crippen LogP) is -1.02. The Labute approximate surface area is 81.1 Å². The monoisotopic (exact) mass is 222 g/mol. The number of hydrogen-bond acceptors (Lipinski definition) is 5. The smallest absolute Gasteiger partial charge is 0.326 e. The summed E-state index contributed by atoms with van der Waals surface area (Å²) in [5.74, 6) is -0.0114. The van der Waals surface area contributed by atoms with E-state index < -0.39 is 10.4 Å². The number of hydroxylamine groups is 2. The molecule has 0 saturated carbocycles. The standard InChI is InChI=1S/C6H10N2O5S/c9-6-2-1-5-3-7(6)4-8(5)13-14(10,11)12/h5H,1-4H2,(H,10,11,12). The van der Waals surface area contributed by atoms with Gasteiger partial charge >= 0.3 is 10.4 Å². The van der Waals surface area contributed by atoms with Crippen molar-refractivity contribution in [3.63, 3.8) is 0 Å². The van der Waals surface area contributed by atoms with E-state index in [1.54, 1.807) is 0 Å². The van der Waals surface area contributed by atoms with Gasteiger partial charge in [-0.2, -0.15) is 12.7 Å². The molecule has 2 aliphatic heterocycles. The zero-order valence-electron chi connectivity index (χ0n) is 7.29. The second kappa shape index (κ2) is 3.16. The Kier molecular flexibility index (Phi) is 2.22. The van der Waals surface area contributed by atoms with E-state index in [1.807, 2.05) is 0 Å². The Morgan fingerprint density at radius 1 is 1.50 bits per heavy atom. The maximum Gasteiger partial charge on any atom is 0.413 e. The summed E-state index contributed by atoms with van der Waals surface area (Å²) < 4.78 is 33.7. The molecule has 0 spiro atoms. The van der Waals surface area contributed by atoms with Gasteiger partial charge in [0.2, 0.25) is 5.91 Å². The van der Waals surface area contributed by atoms with E-state index in [9.17, 15) is 13.2 Å². The van der Waals surface area contributed by atoms with Gasteiger partial charge in [-0.25, -0.2) is 0 Å². The molecule has 1 unspecified atom stereocenters. The lowest BCUT2D eigenvalue weighted by atomic mass is 10.1. The highest BCUT2D eigenvalue weighted by atomic mass is 32.3. The third-order valence-corrected chi connectivity index (χ3v) is 2.76. The summed E-state index contributed by atoms with van der Waals surface area (Å²) in [6, 6.07) is -0.130. The molecule has 2 aliphatic rings. The minimum Gasteiger partial charge on any atom is -0.326 e. The van der Waals surface area contributed by atoms with Gasteiger partial charge in [0.15, 0.2) is 0 Å². The Bertz CT molecular complexity index is 353. The Balaban J connectivity index is 2.07. The summed E-state index contributed by atoms with van der Waals surface area (Å²) in [6.45, 7) is 0.567. The van der Waals surface area contributed by atoms with Crippen LogP contribution in [0.4, 0.5) is 0 Å². The minimum absolute atomic E-state index is 0.0114. The van der Waals surface area contributed by atoms with E-state index in [0.717, 1.165) is 5.06 Å². The van der Waals surface area contributed by atoms with Gasteiger partial charge in [0.05, 0.1) is 12.7 Å². The van der Waals surface area contributed by atoms with Gasteiger partial charge in [0, 0.05) is 13.0 Å². The lowest BCUT2D eigenvalue weighted by Crippen LogP contribution is -2.35. The number of amides is 1. The molecule has 2 rings (SSSR count). The lowest BCUT2D eigenvalue weighted by molar-refractivity contribution is -0.132. The molecule has 0 aromatic carbocycles. The maximum absolute atomic E-state index is 11.2. The largest absolute Gasteiger partial charge is 0.413 e. The second-order valence-corrected chi connectivity index (χ2v) is 4.37. The first kappa shape index (κ1) is 9.84. The molecule has 2 heterocycles. The number of carbonyl (C=O) groups is 1. The van der Waals surface area contributed by atoms with Crippen molar-refractivity contribution >= 4 is 16.3 Å². The van der Waals surface area contributed by atoms with Crippen LogP contribution in [0.3, 0.4) is 0 Å². The van der Waals surface area contributed by atoms with Crippen LogP contribution in [0.2, 0.25) is 0 Å². The van der Waals surface area contributed by atoms with Crippen LogP contribution < -0.4 is 0 Å². The van der Waals surface area contributed by atoms with Crippen LogP contribution in [0.15, 0.2) is 0 Å². The van der Waals surface area contributed by atoms with Crippen LogP contribution in [-0.2, 0) is 19.5 Å². The van der Waals surface area contributed by atoms with Crippen LogP contribution in [-0.4, -0.2) is 48.1 Å². The van der Waals surface area contributed by atoms with Gasteiger partial charge in [-0.05, 0) is 6.42 Å². The average Bonchev–Trinajstić information content (AvgIpc) is 2.35. The number of carbonyl (C=O) groups excluding carboxylic acids is 1. The van der Waals surface area contributed by atoms with E-state index in [4.69, 9.17) is 4.55 Å². The van der Waals surface area contributed by atoms with Crippen molar-refractivity contribution in [1.82, 2.24) is 9.96 Å². The zero-order chi connectivity index (χ0) is 10.3. The minimum atomic E-state index is -4.48. The number of nitrogens with zero attached hydrogens (tertiary/aromatic N) is 2. The SMILES string of the molecule is O=C1CCC2CN1CN2OS(=O)(=O)O. The first-order valence-electron chi connectivity index (χ1n) is 4.17. The third kappa shape index (κ3) is 1.87. The highest BCUT2D eigenvalue weighted by Crippen LogP contribution is 2.24. The number of piperidine rings is 1. The number of hydrogen-bond donors (Lipinski definition) is 1. The molecule has 0 radical (unpaired) electrons. The molecular weight excluding hydrogens is 212 g/mol. The summed E-state index contributed by atoms with van der Waals surface area (Å²) in [6.07, 6.45) is 0.959. The van der Waals surface area contributed by atoms with Crippen LogP contribution in [0.5, 0.6) is 0 Å². The van der Waals surface area contributed by atoms with Crippen molar-refractivity contribution in [2.45, 2.75) is 18.9 Å². The molecule has 1 N–H and O–H groups in total. The summed E-state index contributed by atoms with van der Waals surface area (Å²) in [4.78, 5) is 12.7. The van der Waals surface area contributed by atoms with E-state index in [0.29, 0.717) is 19.4 Å². The molecule has 0 aromatic heterocycles. The molecule has 1 amide bonds. The fraction of sp³-hybridized carbons (Fsp3) is 0.833. The number of fused-ring (bicyclic) bond motifs is 2. The van der Waals surface area contributed by atoms with Crippen molar-refractivity contribution in [1.29, 1.82) is 0 Å². The molecule has 2 bridgehead atoms. The summed E-state index contributed by atoms with van der Waals surface area (Å²) >= 11 is 0. The van der Waals surface area contributed by atoms with Crippen molar-refractivity contribution in [3.8, 4) is 0 Å². The van der Waals surface area contributed by atoms with Gasteiger partial charge in [-0.15, -0.1) is 5.06 Å². The highest BCUT2D eigenvalue weighted by molar-refractivity contribution is 7.80.